The van der Waals surface area contributed by atoms with E-state index in [1.54, 1.807) is 48.5 Å². The molecule has 0 fully saturated rings. The largest absolute Gasteiger partial charge is 0.492 e. The molecule has 1 aliphatic rings. The zero-order valence-corrected chi connectivity index (χ0v) is 12.6. The number of amides is 2. The highest BCUT2D eigenvalue weighted by Crippen LogP contribution is 2.22. The Morgan fingerprint density at radius 1 is 0.957 bits per heavy atom. The van der Waals surface area contributed by atoms with Crippen LogP contribution in [-0.4, -0.2) is 35.6 Å². The first-order chi connectivity index (χ1) is 11.1. The molecule has 3 rings (SSSR count). The molecule has 116 valence electrons. The lowest BCUT2D eigenvalue weighted by molar-refractivity contribution is 0.0631. The summed E-state index contributed by atoms with van der Waals surface area (Å²) < 4.78 is 5.54. The maximum Gasteiger partial charge on any atom is 0.261 e. The van der Waals surface area contributed by atoms with Crippen LogP contribution in [0.4, 0.5) is 0 Å². The van der Waals surface area contributed by atoms with E-state index in [9.17, 15) is 14.4 Å². The number of nitrogens with zero attached hydrogens (tertiary/aromatic N) is 1. The highest BCUT2D eigenvalue weighted by atomic mass is 16.5. The van der Waals surface area contributed by atoms with Crippen LogP contribution in [0.25, 0.3) is 0 Å². The number of benzene rings is 2. The quantitative estimate of drug-likeness (QED) is 0.629. The van der Waals surface area contributed by atoms with E-state index in [1.807, 2.05) is 0 Å². The smallest absolute Gasteiger partial charge is 0.261 e. The Balaban J connectivity index is 1.60. The minimum atomic E-state index is -0.291. The Labute approximate surface area is 133 Å². The van der Waals surface area contributed by atoms with Gasteiger partial charge in [0.2, 0.25) is 0 Å². The first-order valence-corrected chi connectivity index (χ1v) is 7.27. The molecule has 2 aromatic rings. The maximum atomic E-state index is 12.2. The monoisotopic (exact) mass is 309 g/mol. The molecule has 1 aliphatic heterocycles. The summed E-state index contributed by atoms with van der Waals surface area (Å²) in [4.78, 5) is 36.8. The number of ketones is 1. The second-order valence-corrected chi connectivity index (χ2v) is 5.24. The fourth-order valence-electron chi connectivity index (χ4n) is 2.48. The number of carbonyl (C=O) groups is 3. The van der Waals surface area contributed by atoms with Crippen LogP contribution in [0.5, 0.6) is 5.75 Å². The summed E-state index contributed by atoms with van der Waals surface area (Å²) in [5, 5.41) is 0. The van der Waals surface area contributed by atoms with Gasteiger partial charge in [-0.05, 0) is 43.3 Å². The topological polar surface area (TPSA) is 63.7 Å². The molecule has 0 bridgehead atoms. The van der Waals surface area contributed by atoms with Gasteiger partial charge in [0.05, 0.1) is 17.7 Å². The highest BCUT2D eigenvalue weighted by molar-refractivity contribution is 6.21. The van der Waals surface area contributed by atoms with Crippen molar-refractivity contribution in [1.29, 1.82) is 0 Å². The first-order valence-electron chi connectivity index (χ1n) is 7.27. The molecule has 23 heavy (non-hydrogen) atoms. The van der Waals surface area contributed by atoms with Gasteiger partial charge in [-0.1, -0.05) is 12.1 Å². The molecule has 2 aromatic carbocycles. The molecule has 0 spiro atoms. The first kappa shape index (κ1) is 15.0. The normalized spacial score (nSPS) is 13.2. The van der Waals surface area contributed by atoms with Crippen LogP contribution in [0.2, 0.25) is 0 Å². The van der Waals surface area contributed by atoms with Crippen molar-refractivity contribution in [3.8, 4) is 5.75 Å². The predicted molar refractivity (Wildman–Crippen MR) is 83.8 cm³/mol. The van der Waals surface area contributed by atoms with Crippen molar-refractivity contribution >= 4 is 17.6 Å². The van der Waals surface area contributed by atoms with Crippen LogP contribution in [-0.2, 0) is 0 Å². The van der Waals surface area contributed by atoms with Gasteiger partial charge < -0.3 is 4.74 Å². The van der Waals surface area contributed by atoms with E-state index in [2.05, 4.69) is 0 Å². The van der Waals surface area contributed by atoms with Crippen molar-refractivity contribution in [2.75, 3.05) is 13.2 Å². The molecule has 5 nitrogen and oxygen atoms in total. The average Bonchev–Trinajstić information content (AvgIpc) is 2.81. The lowest BCUT2D eigenvalue weighted by atomic mass is 10.1. The summed E-state index contributed by atoms with van der Waals surface area (Å²) >= 11 is 0. The van der Waals surface area contributed by atoms with Gasteiger partial charge in [0.15, 0.2) is 5.78 Å². The SMILES string of the molecule is CC(=O)c1ccc(OCCN2C(=O)c3ccccc3C2=O)cc1. The lowest BCUT2D eigenvalue weighted by Crippen LogP contribution is -2.33. The van der Waals surface area contributed by atoms with Crippen molar-refractivity contribution < 1.29 is 19.1 Å². The second kappa shape index (κ2) is 6.04. The molecule has 0 saturated heterocycles. The summed E-state index contributed by atoms with van der Waals surface area (Å²) in [5.41, 5.74) is 1.48. The molecule has 2 amide bonds. The third-order valence-corrected chi connectivity index (χ3v) is 3.72. The Morgan fingerprint density at radius 3 is 2.04 bits per heavy atom. The van der Waals surface area contributed by atoms with Crippen molar-refractivity contribution in [3.63, 3.8) is 0 Å². The fourth-order valence-corrected chi connectivity index (χ4v) is 2.48. The zero-order valence-electron chi connectivity index (χ0n) is 12.6. The van der Waals surface area contributed by atoms with E-state index in [-0.39, 0.29) is 30.7 Å². The molecule has 0 atom stereocenters. The summed E-state index contributed by atoms with van der Waals surface area (Å²) in [6.45, 7) is 1.88. The molecular formula is C18H15NO4. The maximum absolute atomic E-state index is 12.2. The third-order valence-electron chi connectivity index (χ3n) is 3.72. The molecule has 0 saturated carbocycles. The van der Waals surface area contributed by atoms with E-state index in [0.29, 0.717) is 22.4 Å². The Morgan fingerprint density at radius 2 is 1.52 bits per heavy atom. The molecular weight excluding hydrogens is 294 g/mol. The van der Waals surface area contributed by atoms with Gasteiger partial charge in [-0.25, -0.2) is 0 Å². The van der Waals surface area contributed by atoms with Crippen LogP contribution >= 0.6 is 0 Å². The highest BCUT2D eigenvalue weighted by Gasteiger charge is 2.34. The number of ether oxygens (including phenoxy) is 1. The van der Waals surface area contributed by atoms with E-state index in [4.69, 9.17) is 4.74 Å². The second-order valence-electron chi connectivity index (χ2n) is 5.24. The van der Waals surface area contributed by atoms with E-state index >= 15 is 0 Å². The van der Waals surface area contributed by atoms with Crippen LogP contribution < -0.4 is 4.74 Å². The number of fused-ring (bicyclic) bond motifs is 1. The van der Waals surface area contributed by atoms with Gasteiger partial charge in [0, 0.05) is 5.56 Å². The van der Waals surface area contributed by atoms with E-state index < -0.39 is 0 Å². The van der Waals surface area contributed by atoms with Gasteiger partial charge in [0.25, 0.3) is 11.8 Å². The number of hydrogen-bond acceptors (Lipinski definition) is 4. The Hall–Kier alpha value is -2.95. The van der Waals surface area contributed by atoms with E-state index in [1.165, 1.54) is 11.8 Å². The lowest BCUT2D eigenvalue weighted by Gasteiger charge is -2.14. The summed E-state index contributed by atoms with van der Waals surface area (Å²) in [7, 11) is 0. The number of hydrogen-bond donors (Lipinski definition) is 0. The summed E-state index contributed by atoms with van der Waals surface area (Å²) in [5.74, 6) is -0.00330. The van der Waals surface area contributed by atoms with Crippen molar-refractivity contribution in [2.24, 2.45) is 0 Å². The van der Waals surface area contributed by atoms with Crippen molar-refractivity contribution in [3.05, 3.63) is 65.2 Å². The zero-order chi connectivity index (χ0) is 16.4. The van der Waals surface area contributed by atoms with Gasteiger partial charge in [-0.15, -0.1) is 0 Å². The molecule has 1 heterocycles. The number of carbonyl (C=O) groups excluding carboxylic acids is 3. The molecule has 0 aromatic heterocycles. The van der Waals surface area contributed by atoms with Crippen molar-refractivity contribution in [1.82, 2.24) is 4.90 Å². The van der Waals surface area contributed by atoms with Gasteiger partial charge >= 0.3 is 0 Å². The van der Waals surface area contributed by atoms with Crippen LogP contribution in [0.3, 0.4) is 0 Å². The number of rotatable bonds is 5. The van der Waals surface area contributed by atoms with Gasteiger partial charge in [-0.2, -0.15) is 0 Å². The van der Waals surface area contributed by atoms with Gasteiger partial charge in [-0.3, -0.25) is 19.3 Å². The Bertz CT molecular complexity index is 745. The van der Waals surface area contributed by atoms with Crippen LogP contribution in [0.15, 0.2) is 48.5 Å². The number of Topliss-reactive ketones (excluding diaryl/α,β-unsaturated/α-hetero) is 1. The molecule has 5 heteroatoms. The standard InChI is InChI=1S/C18H15NO4/c1-12(20)13-6-8-14(9-7-13)23-11-10-19-17(21)15-4-2-3-5-16(15)18(19)22/h2-9H,10-11H2,1H3. The Kier molecular flexibility index (Phi) is 3.93. The molecule has 0 unspecified atom stereocenters. The fraction of sp³-hybridized carbons (Fsp3) is 0.167. The predicted octanol–water partition coefficient (Wildman–Crippen LogP) is 2.56. The third kappa shape index (κ3) is 2.85. The average molecular weight is 309 g/mol. The molecule has 0 N–H and O–H groups in total. The molecule has 0 radical (unpaired) electrons. The van der Waals surface area contributed by atoms with Crippen LogP contribution in [0, 0.1) is 0 Å². The summed E-state index contributed by atoms with van der Waals surface area (Å²) in [6.07, 6.45) is 0. The van der Waals surface area contributed by atoms with E-state index in [0.717, 1.165) is 0 Å². The van der Waals surface area contributed by atoms with Gasteiger partial charge in [0.1, 0.15) is 12.4 Å². The number of imide groups is 1. The minimum Gasteiger partial charge on any atom is -0.492 e. The van der Waals surface area contributed by atoms with Crippen molar-refractivity contribution in [2.45, 2.75) is 6.92 Å². The molecule has 0 aliphatic carbocycles. The summed E-state index contributed by atoms with van der Waals surface area (Å²) in [6, 6.07) is 13.5. The minimum absolute atomic E-state index is 0.0115. The van der Waals surface area contributed by atoms with Crippen LogP contribution in [0.1, 0.15) is 38.0 Å².